The first-order valence-electron chi connectivity index (χ1n) is 6.44. The summed E-state index contributed by atoms with van der Waals surface area (Å²) in [6, 6.07) is 0. The molecular formula is C13H26N2O4. The first-order chi connectivity index (χ1) is 8.75. The van der Waals surface area contributed by atoms with Crippen LogP contribution >= 0.6 is 0 Å². The van der Waals surface area contributed by atoms with Crippen molar-refractivity contribution in [1.82, 2.24) is 10.6 Å². The number of carbonyl (C=O) groups excluding carboxylic acids is 2. The van der Waals surface area contributed by atoms with E-state index in [2.05, 4.69) is 40.9 Å². The Morgan fingerprint density at radius 1 is 1.11 bits per heavy atom. The number of hydrogen-bond acceptors (Lipinski definition) is 4. The molecule has 0 bridgehead atoms. The van der Waals surface area contributed by atoms with E-state index in [9.17, 15) is 9.59 Å². The summed E-state index contributed by atoms with van der Waals surface area (Å²) in [4.78, 5) is 22.6. The molecule has 0 aliphatic heterocycles. The second-order valence-corrected chi connectivity index (χ2v) is 5.45. The number of hydrogen-bond donors (Lipinski definition) is 2. The summed E-state index contributed by atoms with van der Waals surface area (Å²) in [5.41, 5.74) is 0.132. The van der Waals surface area contributed by atoms with Crippen molar-refractivity contribution in [3.63, 3.8) is 0 Å². The van der Waals surface area contributed by atoms with Gasteiger partial charge in [0.15, 0.2) is 0 Å². The van der Waals surface area contributed by atoms with E-state index in [0.717, 1.165) is 12.8 Å². The predicted octanol–water partition coefficient (Wildman–Crippen LogP) is 2.49. The third kappa shape index (κ3) is 6.88. The van der Waals surface area contributed by atoms with Crippen molar-refractivity contribution in [2.24, 2.45) is 11.3 Å². The molecule has 0 aliphatic carbocycles. The number of carbonyl (C=O) groups is 2. The highest BCUT2D eigenvalue weighted by Gasteiger charge is 2.27. The Bertz CT molecular complexity index is 287. The van der Waals surface area contributed by atoms with Crippen LogP contribution in [0.2, 0.25) is 0 Å². The van der Waals surface area contributed by atoms with Gasteiger partial charge in [0.05, 0.1) is 14.2 Å². The molecule has 0 fully saturated rings. The first kappa shape index (κ1) is 17.5. The molecule has 0 aliphatic rings. The molecule has 0 saturated carbocycles. The summed E-state index contributed by atoms with van der Waals surface area (Å²) in [6.45, 7) is 8.38. The number of amides is 2. The van der Waals surface area contributed by atoms with E-state index in [0.29, 0.717) is 0 Å². The van der Waals surface area contributed by atoms with E-state index in [1.54, 1.807) is 0 Å². The van der Waals surface area contributed by atoms with Crippen molar-refractivity contribution in [2.45, 2.75) is 46.7 Å². The largest absolute Gasteiger partial charge is 0.453 e. The van der Waals surface area contributed by atoms with Crippen molar-refractivity contribution in [3.8, 4) is 0 Å². The molecule has 1 unspecified atom stereocenters. The van der Waals surface area contributed by atoms with Crippen molar-refractivity contribution in [1.29, 1.82) is 0 Å². The van der Waals surface area contributed by atoms with Crippen molar-refractivity contribution < 1.29 is 19.1 Å². The van der Waals surface area contributed by atoms with Crippen LogP contribution in [0.25, 0.3) is 0 Å². The van der Waals surface area contributed by atoms with Crippen molar-refractivity contribution in [2.75, 3.05) is 14.2 Å². The zero-order valence-electron chi connectivity index (χ0n) is 12.7. The van der Waals surface area contributed by atoms with E-state index in [4.69, 9.17) is 0 Å². The summed E-state index contributed by atoms with van der Waals surface area (Å²) in [5.74, 6) is 0.0492. The van der Waals surface area contributed by atoms with Crippen molar-refractivity contribution in [3.05, 3.63) is 0 Å². The Morgan fingerprint density at radius 2 is 1.53 bits per heavy atom. The lowest BCUT2D eigenvalue weighted by molar-refractivity contribution is 0.135. The number of alkyl carbamates (subject to hydrolysis) is 2. The minimum Gasteiger partial charge on any atom is -0.453 e. The minimum absolute atomic E-state index is 0.0492. The molecule has 6 nitrogen and oxygen atoms in total. The molecule has 0 saturated heterocycles. The highest BCUT2D eigenvalue weighted by atomic mass is 16.5. The minimum atomic E-state index is -0.581. The van der Waals surface area contributed by atoms with Gasteiger partial charge in [0.2, 0.25) is 0 Å². The SMILES string of the molecule is CCC(C)(C)CC(C)C(NC(=O)OC)NC(=O)OC. The average Bonchev–Trinajstić information content (AvgIpc) is 2.36. The van der Waals surface area contributed by atoms with Gasteiger partial charge in [-0.1, -0.05) is 34.1 Å². The van der Waals surface area contributed by atoms with E-state index in [1.807, 2.05) is 6.92 Å². The van der Waals surface area contributed by atoms with Gasteiger partial charge in [-0.2, -0.15) is 0 Å². The molecule has 112 valence electrons. The van der Waals surface area contributed by atoms with Crippen LogP contribution in [0.1, 0.15) is 40.5 Å². The third-order valence-electron chi connectivity index (χ3n) is 3.32. The summed E-state index contributed by atoms with van der Waals surface area (Å²) < 4.78 is 9.12. The van der Waals surface area contributed by atoms with Crippen molar-refractivity contribution >= 4 is 12.2 Å². The normalized spacial score (nSPS) is 12.8. The lowest BCUT2D eigenvalue weighted by Crippen LogP contribution is -2.52. The second kappa shape index (κ2) is 7.86. The summed E-state index contributed by atoms with van der Waals surface area (Å²) >= 11 is 0. The Balaban J connectivity index is 4.71. The molecule has 19 heavy (non-hydrogen) atoms. The molecule has 2 N–H and O–H groups in total. The smallest absolute Gasteiger partial charge is 0.408 e. The molecule has 0 rings (SSSR count). The fraction of sp³-hybridized carbons (Fsp3) is 0.846. The molecule has 0 radical (unpaired) electrons. The fourth-order valence-corrected chi connectivity index (χ4v) is 1.83. The Kier molecular flexibility index (Phi) is 7.26. The molecule has 0 aromatic heterocycles. The van der Waals surface area contributed by atoms with Gasteiger partial charge < -0.3 is 20.1 Å². The van der Waals surface area contributed by atoms with Gasteiger partial charge in [0.1, 0.15) is 6.17 Å². The van der Waals surface area contributed by atoms with Gasteiger partial charge in [0, 0.05) is 0 Å². The van der Waals surface area contributed by atoms with Crippen LogP contribution in [0, 0.1) is 11.3 Å². The van der Waals surface area contributed by atoms with Crippen LogP contribution < -0.4 is 10.6 Å². The van der Waals surface area contributed by atoms with Gasteiger partial charge in [-0.3, -0.25) is 0 Å². The molecule has 0 aromatic carbocycles. The van der Waals surface area contributed by atoms with E-state index in [-0.39, 0.29) is 11.3 Å². The van der Waals surface area contributed by atoms with Gasteiger partial charge in [0.25, 0.3) is 0 Å². The van der Waals surface area contributed by atoms with Crippen LogP contribution in [0.4, 0.5) is 9.59 Å². The summed E-state index contributed by atoms with van der Waals surface area (Å²) in [5, 5.41) is 5.21. The number of methoxy groups -OCH3 is 2. The fourth-order valence-electron chi connectivity index (χ4n) is 1.83. The standard InChI is InChI=1S/C13H26N2O4/c1-7-13(3,4)8-9(2)10(14-11(16)18-5)15-12(17)19-6/h9-10H,7-8H2,1-6H3,(H,14,16)(H,15,17). The third-order valence-corrected chi connectivity index (χ3v) is 3.32. The van der Waals surface area contributed by atoms with E-state index in [1.165, 1.54) is 14.2 Å². The average molecular weight is 274 g/mol. The second-order valence-electron chi connectivity index (χ2n) is 5.45. The molecule has 0 heterocycles. The highest BCUT2D eigenvalue weighted by Crippen LogP contribution is 2.29. The number of nitrogens with one attached hydrogen (secondary N) is 2. The maximum atomic E-state index is 11.3. The Labute approximate surface area is 115 Å². The molecule has 6 heteroatoms. The predicted molar refractivity (Wildman–Crippen MR) is 72.7 cm³/mol. The van der Waals surface area contributed by atoms with Crippen LogP contribution in [-0.4, -0.2) is 32.6 Å². The van der Waals surface area contributed by atoms with Gasteiger partial charge in [-0.25, -0.2) is 9.59 Å². The number of ether oxygens (including phenoxy) is 2. The van der Waals surface area contributed by atoms with E-state index >= 15 is 0 Å². The zero-order chi connectivity index (χ0) is 15.1. The summed E-state index contributed by atoms with van der Waals surface area (Å²) in [6.07, 6.45) is 0.179. The van der Waals surface area contributed by atoms with Crippen LogP contribution in [0.3, 0.4) is 0 Å². The number of rotatable bonds is 6. The maximum absolute atomic E-state index is 11.3. The molecule has 0 spiro atoms. The van der Waals surface area contributed by atoms with Gasteiger partial charge in [-0.05, 0) is 17.8 Å². The van der Waals surface area contributed by atoms with E-state index < -0.39 is 18.4 Å². The maximum Gasteiger partial charge on any atom is 0.408 e. The highest BCUT2D eigenvalue weighted by molar-refractivity contribution is 5.70. The van der Waals surface area contributed by atoms with Crippen LogP contribution in [0.15, 0.2) is 0 Å². The Hall–Kier alpha value is -1.46. The first-order valence-corrected chi connectivity index (χ1v) is 6.44. The van der Waals surface area contributed by atoms with Crippen LogP contribution in [-0.2, 0) is 9.47 Å². The van der Waals surface area contributed by atoms with Crippen LogP contribution in [0.5, 0.6) is 0 Å². The zero-order valence-corrected chi connectivity index (χ0v) is 12.7. The lowest BCUT2D eigenvalue weighted by atomic mass is 9.80. The lowest BCUT2D eigenvalue weighted by Gasteiger charge is -2.31. The quantitative estimate of drug-likeness (QED) is 0.729. The Morgan fingerprint density at radius 3 is 1.84 bits per heavy atom. The molecule has 0 aromatic rings. The van der Waals surface area contributed by atoms with Gasteiger partial charge >= 0.3 is 12.2 Å². The topological polar surface area (TPSA) is 76.7 Å². The molecule has 1 atom stereocenters. The van der Waals surface area contributed by atoms with Gasteiger partial charge in [-0.15, -0.1) is 0 Å². The molecule has 2 amide bonds. The monoisotopic (exact) mass is 274 g/mol. The molecular weight excluding hydrogens is 248 g/mol. The summed E-state index contributed by atoms with van der Waals surface area (Å²) in [7, 11) is 2.57.